The standard InChI is InChI=1S/C20H13Cl2NO4S/c21-13-6-5-11(9-14(13)22)17-16(18(24)15-4-2-8-28-15)19(25)20(26)23(17)10-12-3-1-7-27-12/h1-9,17,25H,10H2. The van der Waals surface area contributed by atoms with Gasteiger partial charge in [-0.2, -0.15) is 0 Å². The van der Waals surface area contributed by atoms with Gasteiger partial charge >= 0.3 is 0 Å². The first kappa shape index (κ1) is 18.8. The Morgan fingerprint density at radius 2 is 2.00 bits per heavy atom. The molecule has 28 heavy (non-hydrogen) atoms. The molecule has 1 atom stereocenters. The molecule has 0 aliphatic carbocycles. The van der Waals surface area contributed by atoms with Gasteiger partial charge in [-0.1, -0.05) is 35.3 Å². The third kappa shape index (κ3) is 3.24. The second-order valence-corrected chi connectivity index (χ2v) is 7.92. The van der Waals surface area contributed by atoms with Crippen LogP contribution < -0.4 is 0 Å². The van der Waals surface area contributed by atoms with Crippen molar-refractivity contribution < 1.29 is 19.1 Å². The summed E-state index contributed by atoms with van der Waals surface area (Å²) < 4.78 is 5.35. The number of carbonyl (C=O) groups is 2. The van der Waals surface area contributed by atoms with Crippen LogP contribution in [0.1, 0.15) is 27.0 Å². The molecule has 0 radical (unpaired) electrons. The Kier molecular flexibility index (Phi) is 5.02. The number of Topliss-reactive ketones (excluding diaryl/α,β-unsaturated/α-hetero) is 1. The van der Waals surface area contributed by atoms with E-state index in [1.807, 2.05) is 0 Å². The number of carbonyl (C=O) groups excluding carboxylic acids is 2. The maximum absolute atomic E-state index is 13.1. The fourth-order valence-electron chi connectivity index (χ4n) is 3.19. The molecule has 0 saturated carbocycles. The number of aliphatic hydroxyl groups is 1. The van der Waals surface area contributed by atoms with E-state index in [4.69, 9.17) is 27.6 Å². The third-order valence-corrected chi connectivity index (χ3v) is 6.07. The highest BCUT2D eigenvalue weighted by molar-refractivity contribution is 7.12. The van der Waals surface area contributed by atoms with Gasteiger partial charge in [-0.3, -0.25) is 9.59 Å². The van der Waals surface area contributed by atoms with Crippen molar-refractivity contribution in [3.8, 4) is 0 Å². The first-order valence-corrected chi connectivity index (χ1v) is 9.90. The van der Waals surface area contributed by atoms with Crippen molar-refractivity contribution in [1.29, 1.82) is 0 Å². The fourth-order valence-corrected chi connectivity index (χ4v) is 4.17. The van der Waals surface area contributed by atoms with E-state index in [1.54, 1.807) is 47.8 Å². The molecule has 3 heterocycles. The molecule has 142 valence electrons. The summed E-state index contributed by atoms with van der Waals surface area (Å²) >= 11 is 13.4. The predicted molar refractivity (Wildman–Crippen MR) is 107 cm³/mol. The molecule has 1 amide bonds. The van der Waals surface area contributed by atoms with E-state index in [0.29, 0.717) is 26.2 Å². The van der Waals surface area contributed by atoms with E-state index in [1.165, 1.54) is 22.5 Å². The molecule has 2 aromatic heterocycles. The number of ketones is 1. The number of halogens is 2. The van der Waals surface area contributed by atoms with Crippen LogP contribution in [0.15, 0.2) is 69.9 Å². The molecule has 1 aromatic carbocycles. The molecule has 3 aromatic rings. The zero-order chi connectivity index (χ0) is 19.8. The number of nitrogens with zero attached hydrogens (tertiary/aromatic N) is 1. The van der Waals surface area contributed by atoms with Gasteiger partial charge in [-0.05, 0) is 41.3 Å². The van der Waals surface area contributed by atoms with Gasteiger partial charge in [0.05, 0.1) is 39.3 Å². The molecule has 1 N–H and O–H groups in total. The summed E-state index contributed by atoms with van der Waals surface area (Å²) in [5.41, 5.74) is 0.579. The van der Waals surface area contributed by atoms with Crippen molar-refractivity contribution in [1.82, 2.24) is 4.90 Å². The van der Waals surface area contributed by atoms with Crippen LogP contribution in [0, 0.1) is 0 Å². The van der Waals surface area contributed by atoms with Gasteiger partial charge in [-0.25, -0.2) is 0 Å². The monoisotopic (exact) mass is 433 g/mol. The van der Waals surface area contributed by atoms with Crippen molar-refractivity contribution in [3.63, 3.8) is 0 Å². The van der Waals surface area contributed by atoms with Gasteiger partial charge < -0.3 is 14.4 Å². The van der Waals surface area contributed by atoms with E-state index in [9.17, 15) is 14.7 Å². The smallest absolute Gasteiger partial charge is 0.290 e. The van der Waals surface area contributed by atoms with Crippen molar-refractivity contribution in [2.75, 3.05) is 0 Å². The Morgan fingerprint density at radius 3 is 2.64 bits per heavy atom. The fraction of sp³-hybridized carbons (Fsp3) is 0.100. The average Bonchev–Trinajstić information content (AvgIpc) is 3.42. The van der Waals surface area contributed by atoms with Crippen LogP contribution in [0.3, 0.4) is 0 Å². The summed E-state index contributed by atoms with van der Waals surface area (Å²) in [5.74, 6) is -1.09. The van der Waals surface area contributed by atoms with Gasteiger partial charge in [0.15, 0.2) is 5.76 Å². The lowest BCUT2D eigenvalue weighted by Crippen LogP contribution is -2.30. The summed E-state index contributed by atoms with van der Waals surface area (Å²) in [6.45, 7) is 0.0853. The van der Waals surface area contributed by atoms with Crippen LogP contribution in [-0.4, -0.2) is 21.7 Å². The van der Waals surface area contributed by atoms with Gasteiger partial charge in [0.25, 0.3) is 5.91 Å². The molecule has 0 bridgehead atoms. The van der Waals surface area contributed by atoms with E-state index in [2.05, 4.69) is 0 Å². The lowest BCUT2D eigenvalue weighted by molar-refractivity contribution is -0.130. The SMILES string of the molecule is O=C(C1=C(O)C(=O)N(Cc2ccco2)C1c1ccc(Cl)c(Cl)c1)c1cccs1. The molecule has 1 aliphatic rings. The number of aliphatic hydroxyl groups excluding tert-OH is 1. The highest BCUT2D eigenvalue weighted by Gasteiger charge is 2.44. The molecule has 0 spiro atoms. The van der Waals surface area contributed by atoms with Crippen molar-refractivity contribution in [2.45, 2.75) is 12.6 Å². The Labute approximate surface area is 174 Å². The first-order valence-electron chi connectivity index (χ1n) is 8.27. The molecule has 0 fully saturated rings. The van der Waals surface area contributed by atoms with Crippen LogP contribution in [0.25, 0.3) is 0 Å². The maximum atomic E-state index is 13.1. The van der Waals surface area contributed by atoms with Crippen LogP contribution in [0.4, 0.5) is 0 Å². The van der Waals surface area contributed by atoms with Crippen molar-refractivity contribution in [3.05, 3.63) is 91.7 Å². The Hall–Kier alpha value is -2.54. The second kappa shape index (κ2) is 7.47. The average molecular weight is 434 g/mol. The number of rotatable bonds is 5. The van der Waals surface area contributed by atoms with Gasteiger partial charge in [0, 0.05) is 0 Å². The first-order chi connectivity index (χ1) is 13.5. The predicted octanol–water partition coefficient (Wildman–Crippen LogP) is 5.43. The summed E-state index contributed by atoms with van der Waals surface area (Å²) in [6, 6.07) is 10.9. The normalized spacial score (nSPS) is 16.9. The lowest BCUT2D eigenvalue weighted by atomic mass is 9.95. The topological polar surface area (TPSA) is 70.8 Å². The van der Waals surface area contributed by atoms with E-state index >= 15 is 0 Å². The number of benzene rings is 1. The van der Waals surface area contributed by atoms with E-state index < -0.39 is 23.5 Å². The third-order valence-electron chi connectivity index (χ3n) is 4.46. The maximum Gasteiger partial charge on any atom is 0.290 e. The van der Waals surface area contributed by atoms with Crippen LogP contribution >= 0.6 is 34.5 Å². The van der Waals surface area contributed by atoms with Gasteiger partial charge in [0.1, 0.15) is 5.76 Å². The van der Waals surface area contributed by atoms with Gasteiger partial charge in [-0.15, -0.1) is 11.3 Å². The lowest BCUT2D eigenvalue weighted by Gasteiger charge is -2.26. The summed E-state index contributed by atoms with van der Waals surface area (Å²) in [5, 5.41) is 13.0. The molecule has 1 unspecified atom stereocenters. The molecular formula is C20H13Cl2NO4S. The summed E-state index contributed by atoms with van der Waals surface area (Å²) in [6.07, 6.45) is 1.50. The quantitative estimate of drug-likeness (QED) is 0.544. The molecule has 1 aliphatic heterocycles. The Bertz CT molecular complexity index is 1070. The van der Waals surface area contributed by atoms with Crippen molar-refractivity contribution >= 4 is 46.2 Å². The molecule has 5 nitrogen and oxygen atoms in total. The molecule has 8 heteroatoms. The minimum Gasteiger partial charge on any atom is -0.503 e. The molecule has 0 saturated heterocycles. The second-order valence-electron chi connectivity index (χ2n) is 6.16. The Morgan fingerprint density at radius 1 is 1.18 bits per heavy atom. The molecular weight excluding hydrogens is 421 g/mol. The number of thiophene rings is 1. The minimum atomic E-state index is -0.818. The van der Waals surface area contributed by atoms with E-state index in [-0.39, 0.29) is 12.1 Å². The minimum absolute atomic E-state index is 0.0115. The zero-order valence-electron chi connectivity index (χ0n) is 14.3. The van der Waals surface area contributed by atoms with Gasteiger partial charge in [0.2, 0.25) is 5.78 Å². The zero-order valence-corrected chi connectivity index (χ0v) is 16.6. The largest absolute Gasteiger partial charge is 0.503 e. The number of hydrogen-bond acceptors (Lipinski definition) is 5. The number of furan rings is 1. The number of amides is 1. The van der Waals surface area contributed by atoms with Crippen LogP contribution in [-0.2, 0) is 11.3 Å². The highest BCUT2D eigenvalue weighted by atomic mass is 35.5. The summed E-state index contributed by atoms with van der Waals surface area (Å²) in [4.78, 5) is 27.7. The summed E-state index contributed by atoms with van der Waals surface area (Å²) in [7, 11) is 0. The Balaban J connectivity index is 1.83. The highest BCUT2D eigenvalue weighted by Crippen LogP contribution is 2.41. The van der Waals surface area contributed by atoms with E-state index in [0.717, 1.165) is 0 Å². The molecule has 4 rings (SSSR count). The number of hydrogen-bond donors (Lipinski definition) is 1. The van der Waals surface area contributed by atoms with Crippen LogP contribution in [0.2, 0.25) is 10.0 Å². The van der Waals surface area contributed by atoms with Crippen molar-refractivity contribution in [2.24, 2.45) is 0 Å². The van der Waals surface area contributed by atoms with Crippen LogP contribution in [0.5, 0.6) is 0 Å².